The van der Waals surface area contributed by atoms with Crippen LogP contribution in [0.5, 0.6) is 0 Å². The van der Waals surface area contributed by atoms with Gasteiger partial charge in [0.2, 0.25) is 0 Å². The van der Waals surface area contributed by atoms with Gasteiger partial charge in [-0.25, -0.2) is 0 Å². The number of hydrogen-bond acceptors (Lipinski definition) is 3. The van der Waals surface area contributed by atoms with Gasteiger partial charge < -0.3 is 5.32 Å². The molecule has 3 nitrogen and oxygen atoms in total. The van der Waals surface area contributed by atoms with E-state index in [0.29, 0.717) is 12.1 Å². The van der Waals surface area contributed by atoms with Crippen molar-refractivity contribution in [2.45, 2.75) is 6.92 Å². The number of aromatic nitrogens is 1. The number of rotatable bonds is 4. The number of carbonyl (C=O) groups excluding carboxylic acids is 1. The fourth-order valence-electron chi connectivity index (χ4n) is 1.56. The van der Waals surface area contributed by atoms with Crippen LogP contribution in [0.25, 0.3) is 10.9 Å². The van der Waals surface area contributed by atoms with Crippen molar-refractivity contribution in [1.29, 1.82) is 0 Å². The molecule has 0 amide bonds. The summed E-state index contributed by atoms with van der Waals surface area (Å²) < 4.78 is 0. The third-order valence-electron chi connectivity index (χ3n) is 2.45. The van der Waals surface area contributed by atoms with Gasteiger partial charge in [-0.05, 0) is 18.7 Å². The molecule has 0 aliphatic rings. The molecule has 0 bridgehead atoms. The highest BCUT2D eigenvalue weighted by atomic mass is 16.1. The van der Waals surface area contributed by atoms with Gasteiger partial charge >= 0.3 is 0 Å². The molecule has 0 unspecified atom stereocenters. The molecule has 1 aromatic heterocycles. The van der Waals surface area contributed by atoms with E-state index in [9.17, 15) is 4.79 Å². The molecule has 1 heterocycles. The number of Topliss-reactive ketones (excluding diaryl/α,β-unsaturated/α-hetero) is 1. The Labute approximate surface area is 94.5 Å². The first-order chi connectivity index (χ1) is 7.81. The topological polar surface area (TPSA) is 42.0 Å². The lowest BCUT2D eigenvalue weighted by Gasteiger charge is -2.02. The third-order valence-corrected chi connectivity index (χ3v) is 2.45. The Bertz CT molecular complexity index is 508. The number of carbonyl (C=O) groups is 1. The monoisotopic (exact) mass is 214 g/mol. The maximum Gasteiger partial charge on any atom is 0.178 e. The minimum atomic E-state index is 0.0834. The largest absolute Gasteiger partial charge is 0.310 e. The van der Waals surface area contributed by atoms with E-state index in [4.69, 9.17) is 0 Å². The maximum atomic E-state index is 11.7. The zero-order chi connectivity index (χ0) is 11.4. The van der Waals surface area contributed by atoms with Crippen LogP contribution < -0.4 is 5.32 Å². The summed E-state index contributed by atoms with van der Waals surface area (Å²) in [6.45, 7) is 3.15. The molecule has 2 aromatic rings. The Balaban J connectivity index is 2.28. The van der Waals surface area contributed by atoms with Crippen molar-refractivity contribution in [1.82, 2.24) is 10.3 Å². The van der Waals surface area contributed by atoms with Crippen LogP contribution in [0.1, 0.15) is 17.3 Å². The van der Waals surface area contributed by atoms with Gasteiger partial charge in [0, 0.05) is 17.1 Å². The van der Waals surface area contributed by atoms with E-state index in [2.05, 4.69) is 10.3 Å². The first-order valence-electron chi connectivity index (χ1n) is 5.40. The number of likely N-dealkylation sites (N-methyl/N-ethyl adjacent to an activating group) is 1. The molecule has 0 fully saturated rings. The van der Waals surface area contributed by atoms with Crippen LogP contribution in [-0.2, 0) is 0 Å². The van der Waals surface area contributed by atoms with Gasteiger partial charge in [0.1, 0.15) is 0 Å². The molecule has 2 rings (SSSR count). The average molecular weight is 214 g/mol. The first-order valence-corrected chi connectivity index (χ1v) is 5.40. The lowest BCUT2D eigenvalue weighted by molar-refractivity contribution is 0.0991. The number of benzene rings is 1. The number of pyridine rings is 1. The number of nitrogens with zero attached hydrogens (tertiary/aromatic N) is 1. The summed E-state index contributed by atoms with van der Waals surface area (Å²) in [5.74, 6) is 0.0834. The highest BCUT2D eigenvalue weighted by molar-refractivity contribution is 6.00. The summed E-state index contributed by atoms with van der Waals surface area (Å²) in [7, 11) is 0. The molecule has 0 aliphatic heterocycles. The average Bonchev–Trinajstić information content (AvgIpc) is 2.35. The Morgan fingerprint density at radius 2 is 2.19 bits per heavy atom. The van der Waals surface area contributed by atoms with Gasteiger partial charge in [0.05, 0.1) is 12.1 Å². The third kappa shape index (κ3) is 2.25. The summed E-state index contributed by atoms with van der Waals surface area (Å²) >= 11 is 0. The molecule has 1 aromatic carbocycles. The summed E-state index contributed by atoms with van der Waals surface area (Å²) in [6.07, 6.45) is 1.64. The van der Waals surface area contributed by atoms with Crippen LogP contribution in [0.3, 0.4) is 0 Å². The van der Waals surface area contributed by atoms with Crippen LogP contribution in [-0.4, -0.2) is 23.9 Å². The normalized spacial score (nSPS) is 10.6. The van der Waals surface area contributed by atoms with Gasteiger partial charge in [-0.15, -0.1) is 0 Å². The van der Waals surface area contributed by atoms with Crippen molar-refractivity contribution < 1.29 is 4.79 Å². The van der Waals surface area contributed by atoms with Crippen LogP contribution in [0, 0.1) is 0 Å². The van der Waals surface area contributed by atoms with Gasteiger partial charge in [-0.2, -0.15) is 0 Å². The smallest absolute Gasteiger partial charge is 0.178 e. The number of nitrogens with one attached hydrogen (secondary N) is 1. The van der Waals surface area contributed by atoms with Crippen LogP contribution in [0.4, 0.5) is 0 Å². The summed E-state index contributed by atoms with van der Waals surface area (Å²) in [5, 5.41) is 4.02. The van der Waals surface area contributed by atoms with Crippen molar-refractivity contribution in [3.8, 4) is 0 Å². The molecular formula is C13H14N2O. The summed E-state index contributed by atoms with van der Waals surface area (Å²) in [6, 6.07) is 9.68. The van der Waals surface area contributed by atoms with Crippen molar-refractivity contribution >= 4 is 16.7 Å². The van der Waals surface area contributed by atoms with Gasteiger partial charge in [-0.3, -0.25) is 9.78 Å². The van der Waals surface area contributed by atoms with E-state index in [0.717, 1.165) is 17.4 Å². The minimum Gasteiger partial charge on any atom is -0.310 e. The number of para-hydroxylation sites is 1. The number of hydrogen-bond donors (Lipinski definition) is 1. The van der Waals surface area contributed by atoms with E-state index in [1.807, 2.05) is 37.3 Å². The van der Waals surface area contributed by atoms with Gasteiger partial charge in [0.15, 0.2) is 5.78 Å². The molecule has 3 heteroatoms. The van der Waals surface area contributed by atoms with E-state index in [-0.39, 0.29) is 5.78 Å². The molecule has 0 saturated heterocycles. The molecule has 82 valence electrons. The fourth-order valence-corrected chi connectivity index (χ4v) is 1.56. The standard InChI is InChI=1S/C13H14N2O/c1-2-14-9-13(16)11-7-10-5-3-4-6-12(10)15-8-11/h3-8,14H,2,9H2,1H3. The number of ketones is 1. The fraction of sp³-hybridized carbons (Fsp3) is 0.231. The molecule has 0 saturated carbocycles. The second-order valence-electron chi connectivity index (χ2n) is 3.62. The van der Waals surface area contributed by atoms with Crippen LogP contribution in [0.15, 0.2) is 36.5 Å². The molecule has 16 heavy (non-hydrogen) atoms. The Morgan fingerprint density at radius 3 is 3.00 bits per heavy atom. The highest BCUT2D eigenvalue weighted by Crippen LogP contribution is 2.12. The van der Waals surface area contributed by atoms with Crippen LogP contribution in [0.2, 0.25) is 0 Å². The maximum absolute atomic E-state index is 11.7. The van der Waals surface area contributed by atoms with Crippen molar-refractivity contribution in [2.75, 3.05) is 13.1 Å². The molecule has 0 aliphatic carbocycles. The van der Waals surface area contributed by atoms with Gasteiger partial charge in [-0.1, -0.05) is 25.1 Å². The zero-order valence-electron chi connectivity index (χ0n) is 9.23. The predicted molar refractivity (Wildman–Crippen MR) is 64.6 cm³/mol. The highest BCUT2D eigenvalue weighted by Gasteiger charge is 2.05. The molecule has 0 radical (unpaired) electrons. The molecule has 0 atom stereocenters. The first kappa shape index (κ1) is 10.8. The van der Waals surface area contributed by atoms with Crippen molar-refractivity contribution in [3.05, 3.63) is 42.1 Å². The lowest BCUT2D eigenvalue weighted by Crippen LogP contribution is -2.22. The zero-order valence-corrected chi connectivity index (χ0v) is 9.23. The summed E-state index contributed by atoms with van der Waals surface area (Å²) in [4.78, 5) is 16.0. The predicted octanol–water partition coefficient (Wildman–Crippen LogP) is 2.03. The summed E-state index contributed by atoms with van der Waals surface area (Å²) in [5.41, 5.74) is 1.59. The van der Waals surface area contributed by atoms with E-state index < -0.39 is 0 Å². The van der Waals surface area contributed by atoms with Crippen LogP contribution >= 0.6 is 0 Å². The van der Waals surface area contributed by atoms with E-state index in [1.165, 1.54) is 0 Å². The molecular weight excluding hydrogens is 200 g/mol. The van der Waals surface area contributed by atoms with E-state index >= 15 is 0 Å². The number of fused-ring (bicyclic) bond motifs is 1. The molecule has 0 spiro atoms. The van der Waals surface area contributed by atoms with Crippen molar-refractivity contribution in [2.24, 2.45) is 0 Å². The Kier molecular flexibility index (Phi) is 3.27. The van der Waals surface area contributed by atoms with E-state index in [1.54, 1.807) is 6.20 Å². The lowest BCUT2D eigenvalue weighted by atomic mass is 10.1. The SMILES string of the molecule is CCNCC(=O)c1cnc2ccccc2c1. The Morgan fingerprint density at radius 1 is 1.38 bits per heavy atom. The second kappa shape index (κ2) is 4.86. The van der Waals surface area contributed by atoms with Gasteiger partial charge in [0.25, 0.3) is 0 Å². The Hall–Kier alpha value is -1.74. The molecule has 1 N–H and O–H groups in total. The minimum absolute atomic E-state index is 0.0834. The van der Waals surface area contributed by atoms with Crippen molar-refractivity contribution in [3.63, 3.8) is 0 Å². The quantitative estimate of drug-likeness (QED) is 0.792. The second-order valence-corrected chi connectivity index (χ2v) is 3.62.